The van der Waals surface area contributed by atoms with Crippen LogP contribution in [0.5, 0.6) is 5.88 Å². The molecule has 245 valence electrons. The van der Waals surface area contributed by atoms with Crippen LogP contribution in [0, 0.1) is 5.92 Å². The van der Waals surface area contributed by atoms with Gasteiger partial charge in [-0.15, -0.1) is 6.54 Å². The van der Waals surface area contributed by atoms with E-state index < -0.39 is 0 Å². The molecule has 9 nitrogen and oxygen atoms in total. The molecule has 1 N–H and O–H groups in total. The molecule has 1 saturated heterocycles. The van der Waals surface area contributed by atoms with E-state index in [0.717, 1.165) is 66.7 Å². The van der Waals surface area contributed by atoms with Crippen LogP contribution in [-0.2, 0) is 35.3 Å². The molecule has 12 heteroatoms. The number of fused-ring (bicyclic) bond motifs is 2. The van der Waals surface area contributed by atoms with Gasteiger partial charge in [-0.25, -0.2) is 21.1 Å². The van der Waals surface area contributed by atoms with Crippen molar-refractivity contribution in [3.05, 3.63) is 98.4 Å². The van der Waals surface area contributed by atoms with Crippen LogP contribution in [0.4, 0.5) is 11.5 Å². The molecular weight excluding hydrogens is 690 g/mol. The molecular formula is C36H32Cl2MnN6O3. The Morgan fingerprint density at radius 3 is 2.67 bits per heavy atom. The fraction of sp³-hybridized carbons (Fsp3) is 0.278. The van der Waals surface area contributed by atoms with Crippen molar-refractivity contribution in [2.75, 3.05) is 25.5 Å². The van der Waals surface area contributed by atoms with Gasteiger partial charge in [0.1, 0.15) is 5.82 Å². The van der Waals surface area contributed by atoms with E-state index in [9.17, 15) is 9.59 Å². The van der Waals surface area contributed by atoms with E-state index in [-0.39, 0.29) is 28.7 Å². The average molecular weight is 723 g/mol. The average Bonchev–Trinajstić information content (AvgIpc) is 3.73. The summed E-state index contributed by atoms with van der Waals surface area (Å²) in [5, 5.41) is 9.43. The molecule has 0 amide bonds. The second kappa shape index (κ2) is 14.4. The Labute approximate surface area is 299 Å². The molecule has 1 aliphatic carbocycles. The topological polar surface area (TPSA) is 102 Å². The fourth-order valence-corrected chi connectivity index (χ4v) is 7.45. The maximum atomic E-state index is 12.9. The fourth-order valence-electron chi connectivity index (χ4n) is 6.85. The van der Waals surface area contributed by atoms with E-state index in [1.807, 2.05) is 42.7 Å². The summed E-state index contributed by atoms with van der Waals surface area (Å²) >= 11 is 14.2. The van der Waals surface area contributed by atoms with Gasteiger partial charge < -0.3 is 25.7 Å². The molecule has 0 saturated carbocycles. The number of carbonyl (C=O) groups excluding carboxylic acids is 1. The minimum Gasteiger partial charge on any atom is -0.542 e. The molecule has 4 heterocycles. The molecule has 5 aromatic rings. The first-order chi connectivity index (χ1) is 22.9. The largest absolute Gasteiger partial charge is 2.00 e. The van der Waals surface area contributed by atoms with Crippen molar-refractivity contribution in [1.82, 2.24) is 24.6 Å². The number of rotatable bonds is 9. The Kier molecular flexibility index (Phi) is 10.2. The monoisotopic (exact) mass is 721 g/mol. The number of aryl methyl sites for hydroxylation is 2. The van der Waals surface area contributed by atoms with Gasteiger partial charge in [0, 0.05) is 46.9 Å². The van der Waals surface area contributed by atoms with Gasteiger partial charge in [-0.05, 0) is 43.1 Å². The SMILES string of the molecule is COc1nc(-c2cccc(-c3cccc(Nc4nccc5cnn(C)c(=O)c45)c3Cl)c2Cl)cc2c1[C@@H](N1CC[C-](CC[C-]=O)C1)CC2.[Mn+2]. The summed E-state index contributed by atoms with van der Waals surface area (Å²) in [6.07, 6.45) is 9.46. The van der Waals surface area contributed by atoms with Crippen molar-refractivity contribution in [2.45, 2.75) is 38.1 Å². The van der Waals surface area contributed by atoms with Gasteiger partial charge >= 0.3 is 17.1 Å². The van der Waals surface area contributed by atoms with Gasteiger partial charge in [-0.1, -0.05) is 53.5 Å². The van der Waals surface area contributed by atoms with E-state index in [1.54, 1.807) is 32.6 Å². The van der Waals surface area contributed by atoms with Gasteiger partial charge in [0.2, 0.25) is 5.88 Å². The number of ether oxygens (including phenoxy) is 1. The molecule has 2 aromatic carbocycles. The van der Waals surface area contributed by atoms with Crippen LogP contribution in [-0.4, -0.2) is 51.1 Å². The van der Waals surface area contributed by atoms with Crippen molar-refractivity contribution in [3.63, 3.8) is 0 Å². The Bertz CT molecular complexity index is 2070. The Hall–Kier alpha value is -3.79. The van der Waals surface area contributed by atoms with Crippen LogP contribution in [0.25, 0.3) is 33.2 Å². The second-order valence-electron chi connectivity index (χ2n) is 11.9. The smallest absolute Gasteiger partial charge is 0.542 e. The van der Waals surface area contributed by atoms with Gasteiger partial charge in [-0.3, -0.25) is 11.1 Å². The van der Waals surface area contributed by atoms with Crippen molar-refractivity contribution < 1.29 is 26.6 Å². The number of methoxy groups -OCH3 is 1. The van der Waals surface area contributed by atoms with Gasteiger partial charge in [0.15, 0.2) is 0 Å². The second-order valence-corrected chi connectivity index (χ2v) is 12.7. The van der Waals surface area contributed by atoms with Gasteiger partial charge in [0.05, 0.1) is 40.1 Å². The zero-order chi connectivity index (χ0) is 32.7. The normalized spacial score (nSPS) is 16.1. The minimum atomic E-state index is -0.262. The third-order valence-electron chi connectivity index (χ3n) is 9.20. The molecule has 1 atom stereocenters. The summed E-state index contributed by atoms with van der Waals surface area (Å²) in [5.41, 5.74) is 5.65. The summed E-state index contributed by atoms with van der Waals surface area (Å²) in [7, 11) is 3.27. The summed E-state index contributed by atoms with van der Waals surface area (Å²) in [6.45, 7) is 1.86. The number of anilines is 2. The predicted molar refractivity (Wildman–Crippen MR) is 185 cm³/mol. The molecule has 7 rings (SSSR count). The Morgan fingerprint density at radius 2 is 1.88 bits per heavy atom. The standard InChI is InChI=1S/C36H32Cl2N6O3.Mn/c1-43-36(46)31-23(19-40-43)13-15-39-34(31)41-27-10-4-8-25(33(27)38)24-7-3-9-26(32(24)37)28-18-22-11-12-29(30(22)35(42-28)47-2)44-16-14-21(20-44)6-5-17-45;/h3-4,7-10,13,15,18-19,29H,5-6,11-12,14,16,20H2,1-2H3,(H,39,41);/q-2;+2/t29-;/m0./s1. The molecule has 3 aromatic heterocycles. The van der Waals surface area contributed by atoms with Crippen molar-refractivity contribution in [2.24, 2.45) is 7.05 Å². The van der Waals surface area contributed by atoms with Crippen LogP contribution in [0.3, 0.4) is 0 Å². The van der Waals surface area contributed by atoms with Crippen LogP contribution in [0.1, 0.15) is 42.9 Å². The number of nitrogens with zero attached hydrogens (tertiary/aromatic N) is 5. The third-order valence-corrected chi connectivity index (χ3v) is 10.0. The van der Waals surface area contributed by atoms with E-state index in [0.29, 0.717) is 44.6 Å². The number of hydrogen-bond acceptors (Lipinski definition) is 8. The maximum absolute atomic E-state index is 12.9. The van der Waals surface area contributed by atoms with Crippen molar-refractivity contribution >= 4 is 51.8 Å². The first-order valence-electron chi connectivity index (χ1n) is 15.5. The number of likely N-dealkylation sites (tertiary alicyclic amines) is 1. The Balaban J connectivity index is 0.00000401. The van der Waals surface area contributed by atoms with E-state index in [1.165, 1.54) is 16.2 Å². The number of nitrogens with one attached hydrogen (secondary N) is 1. The summed E-state index contributed by atoms with van der Waals surface area (Å²) in [4.78, 5) is 35.6. The molecule has 2 aliphatic rings. The molecule has 1 radical (unpaired) electrons. The first-order valence-corrected chi connectivity index (χ1v) is 16.3. The van der Waals surface area contributed by atoms with Crippen LogP contribution in [0.15, 0.2) is 65.7 Å². The van der Waals surface area contributed by atoms with Gasteiger partial charge in [0.25, 0.3) is 5.56 Å². The van der Waals surface area contributed by atoms with Crippen molar-refractivity contribution in [3.8, 4) is 28.3 Å². The third kappa shape index (κ3) is 6.24. The van der Waals surface area contributed by atoms with Gasteiger partial charge in [-0.2, -0.15) is 17.9 Å². The first kappa shape index (κ1) is 34.1. The van der Waals surface area contributed by atoms with Crippen LogP contribution >= 0.6 is 23.2 Å². The minimum absolute atomic E-state index is 0. The van der Waals surface area contributed by atoms with Crippen molar-refractivity contribution in [1.29, 1.82) is 0 Å². The zero-order valence-corrected chi connectivity index (χ0v) is 29.1. The molecule has 0 spiro atoms. The van der Waals surface area contributed by atoms with Crippen LogP contribution in [0.2, 0.25) is 10.0 Å². The van der Waals surface area contributed by atoms with E-state index in [2.05, 4.69) is 26.4 Å². The predicted octanol–water partition coefficient (Wildman–Crippen LogP) is 7.27. The van der Waals surface area contributed by atoms with E-state index in [4.69, 9.17) is 32.9 Å². The molecule has 48 heavy (non-hydrogen) atoms. The number of pyridine rings is 2. The summed E-state index contributed by atoms with van der Waals surface area (Å²) < 4.78 is 7.17. The number of hydrogen-bond donors (Lipinski definition) is 1. The molecule has 0 bridgehead atoms. The van der Waals surface area contributed by atoms with Crippen LogP contribution < -0.4 is 15.6 Å². The van der Waals surface area contributed by atoms with E-state index >= 15 is 0 Å². The molecule has 1 fully saturated rings. The number of aromatic nitrogens is 4. The number of benzene rings is 2. The Morgan fingerprint density at radius 1 is 1.10 bits per heavy atom. The maximum Gasteiger partial charge on any atom is 2.00 e. The summed E-state index contributed by atoms with van der Waals surface area (Å²) in [5.74, 6) is 2.41. The quantitative estimate of drug-likeness (QED) is 0.125. The zero-order valence-electron chi connectivity index (χ0n) is 26.4. The number of halogens is 2. The summed E-state index contributed by atoms with van der Waals surface area (Å²) in [6, 6.07) is 15.6. The molecule has 0 unspecified atom stereocenters. The molecule has 1 aliphatic heterocycles.